The maximum Gasteiger partial charge on any atom is 0.306 e. The van der Waals surface area contributed by atoms with Crippen molar-refractivity contribution in [3.8, 4) is 0 Å². The van der Waals surface area contributed by atoms with E-state index in [1.807, 2.05) is 29.9 Å². The van der Waals surface area contributed by atoms with E-state index in [4.69, 9.17) is 9.47 Å². The molecular weight excluding hydrogens is 284 g/mol. The fourth-order valence-corrected chi connectivity index (χ4v) is 2.15. The number of carbonyl (C=O) groups excluding carboxylic acids is 2. The normalized spacial score (nSPS) is 10.5. The molecule has 22 heavy (non-hydrogen) atoms. The molecule has 0 fully saturated rings. The minimum atomic E-state index is -0.327. The molecule has 0 atom stereocenters. The standard InChI is InChI=1S/C16H26N2O4/c1-4-22-16(20)9-8-15(19)18(11-6-12-21-3)13-14-7-5-10-17(14)2/h5,7,10H,4,6,8-9,11-13H2,1-3H3. The summed E-state index contributed by atoms with van der Waals surface area (Å²) in [6.45, 7) is 3.85. The Morgan fingerprint density at radius 2 is 2.09 bits per heavy atom. The van der Waals surface area contributed by atoms with Gasteiger partial charge in [0.2, 0.25) is 5.91 Å². The Kier molecular flexibility index (Phi) is 8.28. The second kappa shape index (κ2) is 10.00. The number of methoxy groups -OCH3 is 1. The summed E-state index contributed by atoms with van der Waals surface area (Å²) < 4.78 is 11.9. The van der Waals surface area contributed by atoms with Crippen LogP contribution in [0.25, 0.3) is 0 Å². The third-order valence-electron chi connectivity index (χ3n) is 3.38. The van der Waals surface area contributed by atoms with Gasteiger partial charge in [0.05, 0.1) is 19.6 Å². The monoisotopic (exact) mass is 310 g/mol. The highest BCUT2D eigenvalue weighted by Gasteiger charge is 2.16. The largest absolute Gasteiger partial charge is 0.466 e. The molecule has 0 aromatic carbocycles. The second-order valence-electron chi connectivity index (χ2n) is 5.08. The van der Waals surface area contributed by atoms with E-state index in [0.29, 0.717) is 26.3 Å². The Morgan fingerprint density at radius 3 is 2.68 bits per heavy atom. The summed E-state index contributed by atoms with van der Waals surface area (Å²) >= 11 is 0. The van der Waals surface area contributed by atoms with Crippen molar-refractivity contribution in [1.82, 2.24) is 9.47 Å². The molecule has 1 rings (SSSR count). The number of esters is 1. The summed E-state index contributed by atoms with van der Waals surface area (Å²) in [4.78, 5) is 25.5. The minimum absolute atomic E-state index is 0.0367. The third-order valence-corrected chi connectivity index (χ3v) is 3.38. The van der Waals surface area contributed by atoms with Crippen LogP contribution in [-0.2, 0) is 32.7 Å². The molecule has 124 valence electrons. The van der Waals surface area contributed by atoms with Crippen molar-refractivity contribution in [3.63, 3.8) is 0 Å². The summed E-state index contributed by atoms with van der Waals surface area (Å²) in [6, 6.07) is 3.94. The summed E-state index contributed by atoms with van der Waals surface area (Å²) in [5, 5.41) is 0. The highest BCUT2D eigenvalue weighted by atomic mass is 16.5. The van der Waals surface area contributed by atoms with Crippen molar-refractivity contribution in [2.24, 2.45) is 7.05 Å². The summed E-state index contributed by atoms with van der Waals surface area (Å²) in [5.74, 6) is -0.364. The van der Waals surface area contributed by atoms with Crippen LogP contribution in [-0.4, -0.2) is 48.2 Å². The number of aryl methyl sites for hydroxylation is 1. The van der Waals surface area contributed by atoms with Gasteiger partial charge in [0.1, 0.15) is 0 Å². The van der Waals surface area contributed by atoms with E-state index in [1.165, 1.54) is 0 Å². The van der Waals surface area contributed by atoms with Crippen molar-refractivity contribution in [2.75, 3.05) is 26.9 Å². The molecule has 0 aliphatic heterocycles. The molecule has 0 aliphatic carbocycles. The Morgan fingerprint density at radius 1 is 1.32 bits per heavy atom. The minimum Gasteiger partial charge on any atom is -0.466 e. The van der Waals surface area contributed by atoms with Gasteiger partial charge >= 0.3 is 5.97 Å². The number of nitrogens with zero attached hydrogens (tertiary/aromatic N) is 2. The molecule has 0 saturated heterocycles. The van der Waals surface area contributed by atoms with Crippen LogP contribution in [0.4, 0.5) is 0 Å². The highest BCUT2D eigenvalue weighted by Crippen LogP contribution is 2.09. The molecule has 0 spiro atoms. The zero-order valence-electron chi connectivity index (χ0n) is 13.7. The van der Waals surface area contributed by atoms with Gasteiger partial charge in [-0.2, -0.15) is 0 Å². The smallest absolute Gasteiger partial charge is 0.306 e. The molecule has 0 radical (unpaired) electrons. The van der Waals surface area contributed by atoms with E-state index >= 15 is 0 Å². The number of rotatable bonds is 10. The van der Waals surface area contributed by atoms with Gasteiger partial charge in [0, 0.05) is 45.6 Å². The van der Waals surface area contributed by atoms with Crippen molar-refractivity contribution in [1.29, 1.82) is 0 Å². The molecule has 1 amide bonds. The molecule has 0 saturated carbocycles. The first-order valence-corrected chi connectivity index (χ1v) is 7.61. The number of amides is 1. The lowest BCUT2D eigenvalue weighted by Crippen LogP contribution is -2.33. The van der Waals surface area contributed by atoms with Crippen molar-refractivity contribution in [2.45, 2.75) is 32.7 Å². The molecule has 6 heteroatoms. The van der Waals surface area contributed by atoms with Crippen LogP contribution in [0.15, 0.2) is 18.3 Å². The third kappa shape index (κ3) is 6.30. The molecule has 0 bridgehead atoms. The zero-order chi connectivity index (χ0) is 16.4. The Hall–Kier alpha value is -1.82. The quantitative estimate of drug-likeness (QED) is 0.488. The van der Waals surface area contributed by atoms with E-state index in [9.17, 15) is 9.59 Å². The fraction of sp³-hybridized carbons (Fsp3) is 0.625. The van der Waals surface area contributed by atoms with Gasteiger partial charge in [-0.05, 0) is 25.5 Å². The van der Waals surface area contributed by atoms with Crippen LogP contribution in [0, 0.1) is 0 Å². The van der Waals surface area contributed by atoms with Gasteiger partial charge in [0.25, 0.3) is 0 Å². The number of aromatic nitrogens is 1. The van der Waals surface area contributed by atoms with E-state index in [-0.39, 0.29) is 24.7 Å². The average molecular weight is 310 g/mol. The Balaban J connectivity index is 2.57. The van der Waals surface area contributed by atoms with Crippen LogP contribution in [0.1, 0.15) is 31.9 Å². The first-order chi connectivity index (χ1) is 10.6. The van der Waals surface area contributed by atoms with E-state index in [1.54, 1.807) is 18.9 Å². The van der Waals surface area contributed by atoms with Gasteiger partial charge in [-0.3, -0.25) is 9.59 Å². The molecule has 0 N–H and O–H groups in total. The average Bonchev–Trinajstić information content (AvgIpc) is 2.89. The summed E-state index contributed by atoms with van der Waals surface area (Å²) in [7, 11) is 3.59. The molecule has 1 heterocycles. The predicted octanol–water partition coefficient (Wildman–Crippen LogP) is 1.73. The van der Waals surface area contributed by atoms with Crippen molar-refractivity contribution < 1.29 is 19.1 Å². The number of ether oxygens (including phenoxy) is 2. The topological polar surface area (TPSA) is 60.8 Å². The molecule has 1 aromatic rings. The molecule has 0 aliphatic rings. The zero-order valence-corrected chi connectivity index (χ0v) is 13.7. The van der Waals surface area contributed by atoms with Crippen molar-refractivity contribution >= 4 is 11.9 Å². The highest BCUT2D eigenvalue weighted by molar-refractivity contribution is 5.81. The maximum atomic E-state index is 12.4. The SMILES string of the molecule is CCOC(=O)CCC(=O)N(CCCOC)Cc1cccn1C. The van der Waals surface area contributed by atoms with E-state index in [2.05, 4.69) is 0 Å². The molecule has 0 unspecified atom stereocenters. The molecule has 1 aromatic heterocycles. The second-order valence-corrected chi connectivity index (χ2v) is 5.08. The Bertz CT molecular complexity index is 470. The molecule has 6 nitrogen and oxygen atoms in total. The van der Waals surface area contributed by atoms with Gasteiger partial charge < -0.3 is 18.9 Å². The fourth-order valence-electron chi connectivity index (χ4n) is 2.15. The van der Waals surface area contributed by atoms with Gasteiger partial charge in [-0.25, -0.2) is 0 Å². The van der Waals surface area contributed by atoms with E-state index < -0.39 is 0 Å². The first kappa shape index (κ1) is 18.2. The van der Waals surface area contributed by atoms with Crippen molar-refractivity contribution in [3.05, 3.63) is 24.0 Å². The first-order valence-electron chi connectivity index (χ1n) is 7.61. The lowest BCUT2D eigenvalue weighted by Gasteiger charge is -2.23. The predicted molar refractivity (Wildman–Crippen MR) is 83.2 cm³/mol. The van der Waals surface area contributed by atoms with Crippen LogP contribution in [0.3, 0.4) is 0 Å². The Labute approximate surface area is 132 Å². The van der Waals surface area contributed by atoms with Crippen LogP contribution < -0.4 is 0 Å². The molecular formula is C16H26N2O4. The lowest BCUT2D eigenvalue weighted by molar-refractivity contribution is -0.145. The number of hydrogen-bond acceptors (Lipinski definition) is 4. The lowest BCUT2D eigenvalue weighted by atomic mass is 10.2. The summed E-state index contributed by atoms with van der Waals surface area (Å²) in [6.07, 6.45) is 3.02. The van der Waals surface area contributed by atoms with Crippen LogP contribution in [0.5, 0.6) is 0 Å². The van der Waals surface area contributed by atoms with Gasteiger partial charge in [-0.1, -0.05) is 0 Å². The number of hydrogen-bond donors (Lipinski definition) is 0. The van der Waals surface area contributed by atoms with Gasteiger partial charge in [0.15, 0.2) is 0 Å². The summed E-state index contributed by atoms with van der Waals surface area (Å²) in [5.41, 5.74) is 1.06. The van der Waals surface area contributed by atoms with Gasteiger partial charge in [-0.15, -0.1) is 0 Å². The number of carbonyl (C=O) groups is 2. The van der Waals surface area contributed by atoms with Crippen LogP contribution in [0.2, 0.25) is 0 Å². The van der Waals surface area contributed by atoms with Crippen LogP contribution >= 0.6 is 0 Å². The van der Waals surface area contributed by atoms with E-state index in [0.717, 1.165) is 12.1 Å². The maximum absolute atomic E-state index is 12.4.